The molecule has 0 aliphatic carbocycles. The number of allylic oxidation sites excluding steroid dienone is 2. The summed E-state index contributed by atoms with van der Waals surface area (Å²) in [6.07, 6.45) is 25.4. The van der Waals surface area contributed by atoms with Crippen molar-refractivity contribution in [1.29, 1.82) is 0 Å². The molecule has 0 spiro atoms. The highest BCUT2D eigenvalue weighted by Crippen LogP contribution is 2.24. The van der Waals surface area contributed by atoms with Crippen LogP contribution in [0.4, 0.5) is 0 Å². The minimum Gasteiger partial charge on any atom is -0.462 e. The molecule has 0 saturated carbocycles. The Bertz CT molecular complexity index is 1100. The molecule has 1 aliphatic heterocycles. The standard InChI is InChI=1S/C43H80O12S/c1-3-5-7-9-11-13-15-17-18-20-21-23-25-27-29-31-38(44)52-33-36(34-53-43-42(48)41(47)40(46)37(55-43)35-56(49,50)51)54-39(45)32-30-28-26-24-22-19-16-14-12-10-8-6-4-2/h9,11,36-37,40-43,46-48H,3-8,10,12-35H2,1-2H3,(H,49,50,51)/b11-9+/t36-,37-,40-,41?,42?,43+/m1/s1. The quantitative estimate of drug-likeness (QED) is 0.0203. The van der Waals surface area contributed by atoms with Crippen molar-refractivity contribution in [3.8, 4) is 0 Å². The van der Waals surface area contributed by atoms with Crippen molar-refractivity contribution >= 4 is 22.1 Å². The van der Waals surface area contributed by atoms with Crippen molar-refractivity contribution in [2.24, 2.45) is 0 Å². The minimum absolute atomic E-state index is 0.169. The molecule has 6 atom stereocenters. The zero-order chi connectivity index (χ0) is 41.3. The normalized spacial score (nSPS) is 20.7. The second-order valence-electron chi connectivity index (χ2n) is 15.7. The lowest BCUT2D eigenvalue weighted by atomic mass is 10.00. The number of ether oxygens (including phenoxy) is 4. The molecule has 1 heterocycles. The number of esters is 2. The van der Waals surface area contributed by atoms with Crippen LogP contribution in [0, 0.1) is 0 Å². The van der Waals surface area contributed by atoms with Gasteiger partial charge in [-0.05, 0) is 32.1 Å². The van der Waals surface area contributed by atoms with E-state index in [-0.39, 0.29) is 19.4 Å². The molecule has 1 fully saturated rings. The number of carbonyl (C=O) groups excluding carboxylic acids is 2. The summed E-state index contributed by atoms with van der Waals surface area (Å²) in [5, 5.41) is 30.8. The third kappa shape index (κ3) is 28.7. The van der Waals surface area contributed by atoms with Crippen LogP contribution >= 0.6 is 0 Å². The summed E-state index contributed by atoms with van der Waals surface area (Å²) < 4.78 is 54.0. The first-order valence-corrected chi connectivity index (χ1v) is 23.9. The number of rotatable bonds is 37. The van der Waals surface area contributed by atoms with Gasteiger partial charge in [-0.3, -0.25) is 14.1 Å². The second kappa shape index (κ2) is 34.3. The van der Waals surface area contributed by atoms with Gasteiger partial charge in [0.25, 0.3) is 10.1 Å². The van der Waals surface area contributed by atoms with Crippen LogP contribution in [-0.2, 0) is 38.7 Å². The fourth-order valence-corrected chi connectivity index (χ4v) is 7.53. The summed E-state index contributed by atoms with van der Waals surface area (Å²) in [5.41, 5.74) is 0. The summed E-state index contributed by atoms with van der Waals surface area (Å²) in [4.78, 5) is 25.4. The summed E-state index contributed by atoms with van der Waals surface area (Å²) in [6.45, 7) is 3.73. The molecule has 0 amide bonds. The topological polar surface area (TPSA) is 186 Å². The van der Waals surface area contributed by atoms with Crippen LogP contribution in [0.2, 0.25) is 0 Å². The van der Waals surface area contributed by atoms with Gasteiger partial charge in [0.2, 0.25) is 0 Å². The van der Waals surface area contributed by atoms with Gasteiger partial charge in [-0.25, -0.2) is 0 Å². The first-order valence-electron chi connectivity index (χ1n) is 22.2. The fourth-order valence-electron chi connectivity index (χ4n) is 6.83. The van der Waals surface area contributed by atoms with Crippen LogP contribution in [0.25, 0.3) is 0 Å². The van der Waals surface area contributed by atoms with Gasteiger partial charge in [0, 0.05) is 12.8 Å². The Hall–Kier alpha value is -1.61. The van der Waals surface area contributed by atoms with Crippen molar-refractivity contribution < 1.29 is 56.8 Å². The molecule has 4 N–H and O–H groups in total. The van der Waals surface area contributed by atoms with E-state index in [1.165, 1.54) is 116 Å². The van der Waals surface area contributed by atoms with E-state index in [4.69, 9.17) is 18.9 Å². The zero-order valence-electron chi connectivity index (χ0n) is 35.0. The van der Waals surface area contributed by atoms with E-state index in [1.807, 2.05) is 0 Å². The monoisotopic (exact) mass is 821 g/mol. The van der Waals surface area contributed by atoms with Crippen molar-refractivity contribution in [2.75, 3.05) is 19.0 Å². The van der Waals surface area contributed by atoms with Crippen molar-refractivity contribution in [3.05, 3.63) is 12.2 Å². The van der Waals surface area contributed by atoms with Crippen LogP contribution in [-0.4, -0.2) is 96.0 Å². The largest absolute Gasteiger partial charge is 0.462 e. The van der Waals surface area contributed by atoms with E-state index in [2.05, 4.69) is 26.0 Å². The van der Waals surface area contributed by atoms with Gasteiger partial charge in [0.1, 0.15) is 36.8 Å². The van der Waals surface area contributed by atoms with Crippen LogP contribution in [0.5, 0.6) is 0 Å². The van der Waals surface area contributed by atoms with Gasteiger partial charge in [0.15, 0.2) is 12.4 Å². The highest BCUT2D eigenvalue weighted by Gasteiger charge is 2.46. The Morgan fingerprint density at radius 2 is 1.04 bits per heavy atom. The first kappa shape index (κ1) is 52.4. The molecule has 2 unspecified atom stereocenters. The lowest BCUT2D eigenvalue weighted by Gasteiger charge is -2.40. The van der Waals surface area contributed by atoms with Crippen LogP contribution in [0.15, 0.2) is 12.2 Å². The third-order valence-corrected chi connectivity index (χ3v) is 11.1. The van der Waals surface area contributed by atoms with E-state index in [0.717, 1.165) is 38.5 Å². The number of unbranched alkanes of at least 4 members (excludes halogenated alkanes) is 23. The minimum atomic E-state index is -4.60. The van der Waals surface area contributed by atoms with Crippen molar-refractivity contribution in [2.45, 2.75) is 230 Å². The maximum absolute atomic E-state index is 12.8. The Balaban J connectivity index is 2.45. The van der Waals surface area contributed by atoms with E-state index in [1.54, 1.807) is 0 Å². The summed E-state index contributed by atoms with van der Waals surface area (Å²) >= 11 is 0. The molecule has 0 aromatic carbocycles. The van der Waals surface area contributed by atoms with Crippen molar-refractivity contribution in [1.82, 2.24) is 0 Å². The van der Waals surface area contributed by atoms with Crippen LogP contribution in [0.1, 0.15) is 194 Å². The fraction of sp³-hybridized carbons (Fsp3) is 0.907. The molecule has 12 nitrogen and oxygen atoms in total. The van der Waals surface area contributed by atoms with Gasteiger partial charge >= 0.3 is 11.9 Å². The molecule has 330 valence electrons. The number of hydrogen-bond donors (Lipinski definition) is 4. The lowest BCUT2D eigenvalue weighted by molar-refractivity contribution is -0.297. The maximum atomic E-state index is 12.8. The van der Waals surface area contributed by atoms with Gasteiger partial charge in [-0.2, -0.15) is 8.42 Å². The number of carbonyl (C=O) groups is 2. The molecule has 56 heavy (non-hydrogen) atoms. The van der Waals surface area contributed by atoms with E-state index in [9.17, 15) is 37.9 Å². The van der Waals surface area contributed by atoms with E-state index < -0.39 is 71.2 Å². The van der Waals surface area contributed by atoms with Crippen molar-refractivity contribution in [3.63, 3.8) is 0 Å². The smallest absolute Gasteiger partial charge is 0.306 e. The summed E-state index contributed by atoms with van der Waals surface area (Å²) in [6, 6.07) is 0. The van der Waals surface area contributed by atoms with E-state index in [0.29, 0.717) is 12.8 Å². The average Bonchev–Trinajstić information content (AvgIpc) is 3.16. The average molecular weight is 821 g/mol. The van der Waals surface area contributed by atoms with E-state index >= 15 is 0 Å². The van der Waals surface area contributed by atoms with Crippen LogP contribution < -0.4 is 0 Å². The molecule has 1 aliphatic rings. The molecule has 0 bridgehead atoms. The third-order valence-electron chi connectivity index (χ3n) is 10.3. The van der Waals surface area contributed by atoms with Crippen LogP contribution in [0.3, 0.4) is 0 Å². The predicted molar refractivity (Wildman–Crippen MR) is 220 cm³/mol. The molecule has 1 rings (SSSR count). The molecule has 0 radical (unpaired) electrons. The van der Waals surface area contributed by atoms with Gasteiger partial charge in [-0.1, -0.05) is 161 Å². The van der Waals surface area contributed by atoms with Gasteiger partial charge < -0.3 is 34.3 Å². The molecular formula is C43H80O12S. The molecule has 1 saturated heterocycles. The number of aliphatic hydroxyl groups excluding tert-OH is 3. The summed E-state index contributed by atoms with van der Waals surface area (Å²) in [7, 11) is -4.60. The second-order valence-corrected chi connectivity index (χ2v) is 17.2. The number of hydrogen-bond acceptors (Lipinski definition) is 11. The molecule has 0 aromatic heterocycles. The maximum Gasteiger partial charge on any atom is 0.306 e. The first-order chi connectivity index (χ1) is 27.0. The Morgan fingerprint density at radius 1 is 0.589 bits per heavy atom. The zero-order valence-corrected chi connectivity index (χ0v) is 35.8. The summed E-state index contributed by atoms with van der Waals surface area (Å²) in [5.74, 6) is -1.97. The highest BCUT2D eigenvalue weighted by atomic mass is 32.2. The predicted octanol–water partition coefficient (Wildman–Crippen LogP) is 8.67. The molecule has 0 aromatic rings. The Morgan fingerprint density at radius 3 is 1.54 bits per heavy atom. The van der Waals surface area contributed by atoms with Gasteiger partial charge in [-0.15, -0.1) is 0 Å². The van der Waals surface area contributed by atoms with Gasteiger partial charge in [0.05, 0.1) is 6.61 Å². The highest BCUT2D eigenvalue weighted by molar-refractivity contribution is 7.85. The molecular weight excluding hydrogens is 741 g/mol. The molecule has 13 heteroatoms. The Kier molecular flexibility index (Phi) is 32.1. The Labute approximate surface area is 339 Å². The lowest BCUT2D eigenvalue weighted by Crippen LogP contribution is -2.60. The SMILES string of the molecule is CCCC/C=C/CCCCCCCCCCCC(=O)OC[C@H](CO[C@H]1O[C@H](CS(=O)(=O)O)[C@@H](O)C(O)C1O)OC(=O)CCCCCCCCCCCCCCC. The number of aliphatic hydroxyl groups is 3.